The molecule has 22 heavy (non-hydrogen) atoms. The van der Waals surface area contributed by atoms with Crippen LogP contribution in [-0.4, -0.2) is 73.6 Å². The Balaban J connectivity index is 2.24. The molecule has 0 aromatic carbocycles. The van der Waals surface area contributed by atoms with Crippen LogP contribution in [0.4, 0.5) is 0 Å². The highest BCUT2D eigenvalue weighted by molar-refractivity contribution is 7.86. The molecule has 1 aromatic rings. The zero-order chi connectivity index (χ0) is 16.3. The maximum Gasteiger partial charge on any atom is 0.281 e. The van der Waals surface area contributed by atoms with Crippen molar-refractivity contribution in [3.8, 4) is 0 Å². The third kappa shape index (κ3) is 3.63. The molecule has 2 heterocycles. The predicted molar refractivity (Wildman–Crippen MR) is 83.2 cm³/mol. The van der Waals surface area contributed by atoms with E-state index in [4.69, 9.17) is 0 Å². The van der Waals surface area contributed by atoms with Gasteiger partial charge < -0.3 is 4.90 Å². The zero-order valence-corrected chi connectivity index (χ0v) is 14.0. The Bertz CT molecular complexity index is 618. The highest BCUT2D eigenvalue weighted by Crippen LogP contribution is 2.18. The molecular formula is C14H22N4O3S. The lowest BCUT2D eigenvalue weighted by Gasteiger charge is -2.25. The van der Waals surface area contributed by atoms with Gasteiger partial charge in [0.05, 0.1) is 5.92 Å². The van der Waals surface area contributed by atoms with Gasteiger partial charge in [0, 0.05) is 59.1 Å². The molecule has 0 aliphatic carbocycles. The summed E-state index contributed by atoms with van der Waals surface area (Å²) in [6.07, 6.45) is 2.11. The lowest BCUT2D eigenvalue weighted by atomic mass is 10.0. The monoisotopic (exact) mass is 326 g/mol. The Labute approximate surface area is 131 Å². The fourth-order valence-corrected chi connectivity index (χ4v) is 3.60. The summed E-state index contributed by atoms with van der Waals surface area (Å²) in [5.74, 6) is -0.459. The predicted octanol–water partition coefficient (Wildman–Crippen LogP) is -0.179. The van der Waals surface area contributed by atoms with Crippen molar-refractivity contribution in [3.05, 3.63) is 30.1 Å². The summed E-state index contributed by atoms with van der Waals surface area (Å²) in [5.41, 5.74) is 0.790. The molecule has 0 unspecified atom stereocenters. The van der Waals surface area contributed by atoms with Crippen molar-refractivity contribution >= 4 is 16.1 Å². The van der Waals surface area contributed by atoms with Gasteiger partial charge in [-0.15, -0.1) is 0 Å². The first-order chi connectivity index (χ1) is 10.3. The van der Waals surface area contributed by atoms with E-state index in [1.54, 1.807) is 18.1 Å². The van der Waals surface area contributed by atoms with Crippen LogP contribution in [0.3, 0.4) is 0 Å². The summed E-state index contributed by atoms with van der Waals surface area (Å²) in [5, 5.41) is 0. The van der Waals surface area contributed by atoms with Crippen molar-refractivity contribution < 1.29 is 13.2 Å². The summed E-state index contributed by atoms with van der Waals surface area (Å²) in [6.45, 7) is 0.881. The first-order valence-corrected chi connectivity index (χ1v) is 8.54. The lowest BCUT2D eigenvalue weighted by Crippen LogP contribution is -2.43. The third-order valence-electron chi connectivity index (χ3n) is 3.80. The van der Waals surface area contributed by atoms with Gasteiger partial charge in [-0.05, 0) is 12.1 Å². The molecule has 0 saturated carbocycles. The molecule has 0 bridgehead atoms. The van der Waals surface area contributed by atoms with Gasteiger partial charge in [-0.1, -0.05) is 6.07 Å². The number of aromatic nitrogens is 1. The van der Waals surface area contributed by atoms with Crippen LogP contribution in [0.25, 0.3) is 0 Å². The molecule has 8 heteroatoms. The quantitative estimate of drug-likeness (QED) is 0.769. The summed E-state index contributed by atoms with van der Waals surface area (Å²) >= 11 is 0. The number of rotatable bonds is 4. The molecule has 7 nitrogen and oxygen atoms in total. The van der Waals surface area contributed by atoms with Crippen molar-refractivity contribution in [2.24, 2.45) is 5.92 Å². The highest BCUT2D eigenvalue weighted by atomic mass is 32.2. The SMILES string of the molecule is CN1CCN(S(=O)(=O)N(C)C)C[C@H](Cc2ccccn2)C1=O. The van der Waals surface area contributed by atoms with E-state index in [0.717, 1.165) is 5.69 Å². The first kappa shape index (κ1) is 16.9. The average molecular weight is 326 g/mol. The number of nitrogens with zero attached hydrogens (tertiary/aromatic N) is 4. The number of likely N-dealkylation sites (N-methyl/N-ethyl adjacent to an activating group) is 1. The minimum absolute atomic E-state index is 0.0397. The molecule has 1 aliphatic rings. The van der Waals surface area contributed by atoms with Crippen LogP contribution in [0.5, 0.6) is 0 Å². The second kappa shape index (κ2) is 6.72. The summed E-state index contributed by atoms with van der Waals surface area (Å²) in [7, 11) is 1.18. The van der Waals surface area contributed by atoms with Crippen LogP contribution in [0.1, 0.15) is 5.69 Å². The molecule has 0 N–H and O–H groups in total. The van der Waals surface area contributed by atoms with Gasteiger partial charge in [0.15, 0.2) is 0 Å². The zero-order valence-electron chi connectivity index (χ0n) is 13.1. The molecule has 2 rings (SSSR count). The Morgan fingerprint density at radius 3 is 2.64 bits per heavy atom. The number of amides is 1. The van der Waals surface area contributed by atoms with Crippen molar-refractivity contribution in [3.63, 3.8) is 0 Å². The van der Waals surface area contributed by atoms with Crippen LogP contribution in [0.2, 0.25) is 0 Å². The van der Waals surface area contributed by atoms with Gasteiger partial charge in [0.2, 0.25) is 5.91 Å². The van der Waals surface area contributed by atoms with Gasteiger partial charge >= 0.3 is 0 Å². The topological polar surface area (TPSA) is 73.8 Å². The number of carbonyl (C=O) groups is 1. The first-order valence-electron chi connectivity index (χ1n) is 7.15. The molecular weight excluding hydrogens is 304 g/mol. The summed E-state index contributed by atoms with van der Waals surface area (Å²) < 4.78 is 27.3. The van der Waals surface area contributed by atoms with E-state index in [1.807, 2.05) is 18.2 Å². The van der Waals surface area contributed by atoms with Crippen LogP contribution < -0.4 is 0 Å². The molecule has 1 amide bonds. The maximum absolute atomic E-state index is 12.5. The van der Waals surface area contributed by atoms with E-state index in [9.17, 15) is 13.2 Å². The second-order valence-corrected chi connectivity index (χ2v) is 7.77. The van der Waals surface area contributed by atoms with Gasteiger partial charge in [0.25, 0.3) is 10.2 Å². The van der Waals surface area contributed by atoms with Crippen molar-refractivity contribution in [2.75, 3.05) is 40.8 Å². The minimum Gasteiger partial charge on any atom is -0.344 e. The Kier molecular flexibility index (Phi) is 5.15. The van der Waals surface area contributed by atoms with Gasteiger partial charge in [-0.3, -0.25) is 9.78 Å². The van der Waals surface area contributed by atoms with E-state index in [2.05, 4.69) is 4.98 Å². The number of pyridine rings is 1. The molecule has 0 radical (unpaired) electrons. The fraction of sp³-hybridized carbons (Fsp3) is 0.571. The van der Waals surface area contributed by atoms with Crippen LogP contribution >= 0.6 is 0 Å². The molecule has 1 aliphatic heterocycles. The van der Waals surface area contributed by atoms with E-state index in [-0.39, 0.29) is 12.5 Å². The number of hydrogen-bond donors (Lipinski definition) is 0. The van der Waals surface area contributed by atoms with Crippen molar-refractivity contribution in [1.29, 1.82) is 0 Å². The van der Waals surface area contributed by atoms with E-state index in [1.165, 1.54) is 22.7 Å². The van der Waals surface area contributed by atoms with Gasteiger partial charge in [0.1, 0.15) is 0 Å². The largest absolute Gasteiger partial charge is 0.344 e. The van der Waals surface area contributed by atoms with E-state index in [0.29, 0.717) is 19.5 Å². The van der Waals surface area contributed by atoms with Crippen molar-refractivity contribution in [1.82, 2.24) is 18.5 Å². The standard InChI is InChI=1S/C14H22N4O3S/c1-16(2)22(20,21)18-9-8-17(3)14(19)12(11-18)10-13-6-4-5-7-15-13/h4-7,12H,8-11H2,1-3H3/t12-/m0/s1. The van der Waals surface area contributed by atoms with Crippen LogP contribution in [0.15, 0.2) is 24.4 Å². The molecule has 1 saturated heterocycles. The number of carbonyl (C=O) groups excluding carboxylic acids is 1. The van der Waals surface area contributed by atoms with Gasteiger partial charge in [-0.25, -0.2) is 0 Å². The molecule has 0 spiro atoms. The van der Waals surface area contributed by atoms with Crippen LogP contribution in [0, 0.1) is 5.92 Å². The second-order valence-electron chi connectivity index (χ2n) is 5.63. The Morgan fingerprint density at radius 2 is 2.05 bits per heavy atom. The highest BCUT2D eigenvalue weighted by Gasteiger charge is 2.35. The molecule has 1 fully saturated rings. The summed E-state index contributed by atoms with van der Waals surface area (Å²) in [6, 6.07) is 5.53. The smallest absolute Gasteiger partial charge is 0.281 e. The molecule has 122 valence electrons. The van der Waals surface area contributed by atoms with E-state index >= 15 is 0 Å². The average Bonchev–Trinajstić information content (AvgIpc) is 2.62. The lowest BCUT2D eigenvalue weighted by molar-refractivity contribution is -0.133. The third-order valence-corrected chi connectivity index (χ3v) is 5.71. The Morgan fingerprint density at radius 1 is 1.32 bits per heavy atom. The normalized spacial score (nSPS) is 21.2. The maximum atomic E-state index is 12.5. The Hall–Kier alpha value is -1.51. The molecule has 1 aromatic heterocycles. The van der Waals surface area contributed by atoms with E-state index < -0.39 is 16.1 Å². The number of hydrogen-bond acceptors (Lipinski definition) is 4. The summed E-state index contributed by atoms with van der Waals surface area (Å²) in [4.78, 5) is 18.3. The van der Waals surface area contributed by atoms with Crippen molar-refractivity contribution in [2.45, 2.75) is 6.42 Å². The van der Waals surface area contributed by atoms with Crippen LogP contribution in [-0.2, 0) is 21.4 Å². The van der Waals surface area contributed by atoms with Gasteiger partial charge in [-0.2, -0.15) is 17.0 Å². The fourth-order valence-electron chi connectivity index (χ4n) is 2.46. The minimum atomic E-state index is -3.53. The molecule has 1 atom stereocenters.